The minimum atomic E-state index is -1.10. The van der Waals surface area contributed by atoms with Crippen LogP contribution in [0.3, 0.4) is 0 Å². The van der Waals surface area contributed by atoms with Crippen molar-refractivity contribution in [1.29, 1.82) is 0 Å². The van der Waals surface area contributed by atoms with E-state index in [0.717, 1.165) is 5.56 Å². The number of hydrogen-bond donors (Lipinski definition) is 3. The highest BCUT2D eigenvalue weighted by atomic mass is 19.1. The Morgan fingerprint density at radius 2 is 2.33 bits per heavy atom. The summed E-state index contributed by atoms with van der Waals surface area (Å²) in [4.78, 5) is 10.6. The molecule has 0 aliphatic rings. The maximum atomic E-state index is 13.3. The zero-order chi connectivity index (χ0) is 11.4. The predicted octanol–water partition coefficient (Wildman–Crippen LogP) is 0.958. The highest BCUT2D eigenvalue weighted by Gasteiger charge is 2.16. The molecule has 5 heteroatoms. The first-order valence-electron chi connectivity index (χ1n) is 4.50. The van der Waals surface area contributed by atoms with Crippen molar-refractivity contribution in [3.63, 3.8) is 0 Å². The molecule has 0 aromatic heterocycles. The molecule has 0 radical (unpaired) electrons. The van der Waals surface area contributed by atoms with Crippen molar-refractivity contribution >= 4 is 11.7 Å². The van der Waals surface area contributed by atoms with Crippen LogP contribution in [-0.4, -0.2) is 23.7 Å². The molecule has 15 heavy (non-hydrogen) atoms. The molecule has 0 aliphatic carbocycles. The standard InChI is InChI=1S/C10H13FN2O2/c1-6-2-3-8(7(11)4-6)13-9(5-12)10(14)15/h2-4,9,13H,5,12H2,1H3,(H,14,15). The summed E-state index contributed by atoms with van der Waals surface area (Å²) in [5, 5.41) is 11.2. The lowest BCUT2D eigenvalue weighted by Gasteiger charge is -2.14. The molecule has 0 spiro atoms. The summed E-state index contributed by atoms with van der Waals surface area (Å²) in [6.07, 6.45) is 0. The Balaban J connectivity index is 2.84. The third-order valence-electron chi connectivity index (χ3n) is 1.99. The van der Waals surface area contributed by atoms with Crippen LogP contribution in [-0.2, 0) is 4.79 Å². The van der Waals surface area contributed by atoms with E-state index in [1.54, 1.807) is 13.0 Å². The van der Waals surface area contributed by atoms with Gasteiger partial charge in [0.1, 0.15) is 11.9 Å². The van der Waals surface area contributed by atoms with Gasteiger partial charge in [0, 0.05) is 6.54 Å². The van der Waals surface area contributed by atoms with Gasteiger partial charge in [-0.25, -0.2) is 9.18 Å². The maximum absolute atomic E-state index is 13.3. The summed E-state index contributed by atoms with van der Waals surface area (Å²) < 4.78 is 13.3. The molecule has 1 aromatic rings. The Morgan fingerprint density at radius 3 is 2.80 bits per heavy atom. The number of aryl methyl sites for hydroxylation is 1. The number of carboxylic acid groups (broad SMARTS) is 1. The van der Waals surface area contributed by atoms with Gasteiger partial charge >= 0.3 is 5.97 Å². The zero-order valence-electron chi connectivity index (χ0n) is 8.33. The van der Waals surface area contributed by atoms with Crippen molar-refractivity contribution in [2.45, 2.75) is 13.0 Å². The van der Waals surface area contributed by atoms with E-state index in [9.17, 15) is 9.18 Å². The van der Waals surface area contributed by atoms with Gasteiger partial charge in [-0.15, -0.1) is 0 Å². The Morgan fingerprint density at radius 1 is 1.67 bits per heavy atom. The van der Waals surface area contributed by atoms with Gasteiger partial charge in [0.25, 0.3) is 0 Å². The lowest BCUT2D eigenvalue weighted by molar-refractivity contribution is -0.137. The second-order valence-electron chi connectivity index (χ2n) is 3.25. The van der Waals surface area contributed by atoms with Crippen molar-refractivity contribution < 1.29 is 14.3 Å². The topological polar surface area (TPSA) is 75.3 Å². The van der Waals surface area contributed by atoms with Crippen LogP contribution in [0.4, 0.5) is 10.1 Å². The number of nitrogens with two attached hydrogens (primary N) is 1. The lowest BCUT2D eigenvalue weighted by Crippen LogP contribution is -2.36. The van der Waals surface area contributed by atoms with Crippen LogP contribution in [0.15, 0.2) is 18.2 Å². The van der Waals surface area contributed by atoms with Crippen LogP contribution in [0.25, 0.3) is 0 Å². The van der Waals surface area contributed by atoms with Crippen LogP contribution < -0.4 is 11.1 Å². The Labute approximate surface area is 86.9 Å². The Hall–Kier alpha value is -1.62. The smallest absolute Gasteiger partial charge is 0.327 e. The molecule has 1 unspecified atom stereocenters. The maximum Gasteiger partial charge on any atom is 0.327 e. The van der Waals surface area contributed by atoms with E-state index < -0.39 is 17.8 Å². The number of rotatable bonds is 4. The average molecular weight is 212 g/mol. The molecule has 0 amide bonds. The molecule has 0 bridgehead atoms. The molecule has 1 aromatic carbocycles. The van der Waals surface area contributed by atoms with Crippen molar-refractivity contribution in [1.82, 2.24) is 0 Å². The van der Waals surface area contributed by atoms with E-state index in [1.165, 1.54) is 12.1 Å². The first kappa shape index (κ1) is 11.5. The molecule has 4 N–H and O–H groups in total. The second kappa shape index (κ2) is 4.75. The van der Waals surface area contributed by atoms with Gasteiger partial charge in [-0.1, -0.05) is 6.07 Å². The molecule has 82 valence electrons. The van der Waals surface area contributed by atoms with E-state index >= 15 is 0 Å². The summed E-state index contributed by atoms with van der Waals surface area (Å²) in [5.41, 5.74) is 6.16. The number of anilines is 1. The van der Waals surface area contributed by atoms with Crippen molar-refractivity contribution in [3.05, 3.63) is 29.6 Å². The van der Waals surface area contributed by atoms with Gasteiger partial charge in [0.05, 0.1) is 5.69 Å². The minimum absolute atomic E-state index is 0.0946. The number of carboxylic acids is 1. The van der Waals surface area contributed by atoms with Gasteiger partial charge < -0.3 is 16.2 Å². The molecule has 0 heterocycles. The van der Waals surface area contributed by atoms with Crippen LogP contribution >= 0.6 is 0 Å². The molecular weight excluding hydrogens is 199 g/mol. The van der Waals surface area contributed by atoms with E-state index in [4.69, 9.17) is 10.8 Å². The third-order valence-corrected chi connectivity index (χ3v) is 1.99. The summed E-state index contributed by atoms with van der Waals surface area (Å²) in [7, 11) is 0. The van der Waals surface area contributed by atoms with E-state index in [1.807, 2.05) is 0 Å². The highest BCUT2D eigenvalue weighted by Crippen LogP contribution is 2.15. The van der Waals surface area contributed by atoms with Crippen molar-refractivity contribution in [2.24, 2.45) is 5.73 Å². The third kappa shape index (κ3) is 2.92. The predicted molar refractivity (Wildman–Crippen MR) is 55.2 cm³/mol. The van der Waals surface area contributed by atoms with Gasteiger partial charge in [-0.2, -0.15) is 0 Å². The van der Waals surface area contributed by atoms with Crippen molar-refractivity contribution in [2.75, 3.05) is 11.9 Å². The fourth-order valence-corrected chi connectivity index (χ4v) is 1.15. The minimum Gasteiger partial charge on any atom is -0.480 e. The molecule has 1 atom stereocenters. The molecule has 0 fully saturated rings. The van der Waals surface area contributed by atoms with Gasteiger partial charge in [-0.3, -0.25) is 0 Å². The van der Waals surface area contributed by atoms with Crippen LogP contribution in [0, 0.1) is 12.7 Å². The molecule has 0 saturated heterocycles. The van der Waals surface area contributed by atoms with Gasteiger partial charge in [-0.05, 0) is 24.6 Å². The number of halogens is 1. The average Bonchev–Trinajstić information content (AvgIpc) is 2.16. The number of hydrogen-bond acceptors (Lipinski definition) is 3. The summed E-state index contributed by atoms with van der Waals surface area (Å²) in [6, 6.07) is 3.55. The fraction of sp³-hybridized carbons (Fsp3) is 0.300. The molecule has 4 nitrogen and oxygen atoms in total. The largest absolute Gasteiger partial charge is 0.480 e. The summed E-state index contributed by atoms with van der Waals surface area (Å²) in [5.74, 6) is -1.58. The number of benzene rings is 1. The SMILES string of the molecule is Cc1ccc(NC(CN)C(=O)O)c(F)c1. The van der Waals surface area contributed by atoms with Crippen LogP contribution in [0.1, 0.15) is 5.56 Å². The Kier molecular flexibility index (Phi) is 3.62. The molecular formula is C10H13FN2O2. The zero-order valence-corrected chi connectivity index (χ0v) is 8.33. The number of nitrogens with one attached hydrogen (secondary N) is 1. The van der Waals surface area contributed by atoms with E-state index in [0.29, 0.717) is 0 Å². The van der Waals surface area contributed by atoms with Crippen LogP contribution in [0.2, 0.25) is 0 Å². The molecule has 1 rings (SSSR count). The van der Waals surface area contributed by atoms with Gasteiger partial charge in [0.15, 0.2) is 0 Å². The highest BCUT2D eigenvalue weighted by molar-refractivity contribution is 5.77. The van der Waals surface area contributed by atoms with Crippen LogP contribution in [0.5, 0.6) is 0 Å². The quantitative estimate of drug-likeness (QED) is 0.694. The Bertz CT molecular complexity index is 368. The molecule has 0 aliphatic heterocycles. The normalized spacial score (nSPS) is 12.2. The van der Waals surface area contributed by atoms with E-state index in [2.05, 4.69) is 5.32 Å². The number of carbonyl (C=O) groups is 1. The first-order valence-corrected chi connectivity index (χ1v) is 4.50. The van der Waals surface area contributed by atoms with Gasteiger partial charge in [0.2, 0.25) is 0 Å². The molecule has 0 saturated carbocycles. The van der Waals surface area contributed by atoms with Crippen molar-refractivity contribution in [3.8, 4) is 0 Å². The monoisotopic (exact) mass is 212 g/mol. The van der Waals surface area contributed by atoms with E-state index in [-0.39, 0.29) is 12.2 Å². The summed E-state index contributed by atoms with van der Waals surface area (Å²) in [6.45, 7) is 1.66. The first-order chi connectivity index (χ1) is 7.04. The second-order valence-corrected chi connectivity index (χ2v) is 3.25. The number of aliphatic carboxylic acids is 1. The lowest BCUT2D eigenvalue weighted by atomic mass is 10.2. The summed E-state index contributed by atoms with van der Waals surface area (Å²) >= 11 is 0. The fourth-order valence-electron chi connectivity index (χ4n) is 1.15.